The van der Waals surface area contributed by atoms with Crippen molar-refractivity contribution in [3.05, 3.63) is 41.7 Å². The summed E-state index contributed by atoms with van der Waals surface area (Å²) < 4.78 is 13.1. The molecule has 0 saturated carbocycles. The Morgan fingerprint density at radius 1 is 1.58 bits per heavy atom. The molecule has 1 aromatic carbocycles. The third kappa shape index (κ3) is 3.20. The Labute approximate surface area is 112 Å². The zero-order valence-corrected chi connectivity index (χ0v) is 11.0. The Hall–Kier alpha value is -1.68. The summed E-state index contributed by atoms with van der Waals surface area (Å²) in [7, 11) is 0. The minimum atomic E-state index is -0.313. The molecule has 0 spiro atoms. The van der Waals surface area contributed by atoms with Gasteiger partial charge >= 0.3 is 0 Å². The number of rotatable bonds is 3. The lowest BCUT2D eigenvalue weighted by molar-refractivity contribution is -0.127. The van der Waals surface area contributed by atoms with E-state index >= 15 is 0 Å². The van der Waals surface area contributed by atoms with Gasteiger partial charge in [-0.05, 0) is 43.0 Å². The van der Waals surface area contributed by atoms with Crippen LogP contribution < -0.4 is 0 Å². The summed E-state index contributed by atoms with van der Waals surface area (Å²) in [5.41, 5.74) is 1.43. The third-order valence-corrected chi connectivity index (χ3v) is 3.49. The van der Waals surface area contributed by atoms with Gasteiger partial charge in [-0.25, -0.2) is 4.39 Å². The van der Waals surface area contributed by atoms with Gasteiger partial charge in [-0.3, -0.25) is 4.79 Å². The molecule has 0 aliphatic carbocycles. The number of hydrogen-bond acceptors (Lipinski definition) is 2. The molecule has 1 N–H and O–H groups in total. The summed E-state index contributed by atoms with van der Waals surface area (Å²) in [6, 6.07) is 6.10. The second-order valence-electron chi connectivity index (χ2n) is 4.85. The first-order valence-electron chi connectivity index (χ1n) is 6.47. The molecule has 4 heteroatoms. The monoisotopic (exact) mass is 263 g/mol. The molecule has 1 amide bonds. The molecular weight excluding hydrogens is 245 g/mol. The van der Waals surface area contributed by atoms with Crippen LogP contribution in [0.3, 0.4) is 0 Å². The third-order valence-electron chi connectivity index (χ3n) is 3.49. The van der Waals surface area contributed by atoms with Crippen molar-refractivity contribution in [2.45, 2.75) is 25.8 Å². The Balaban J connectivity index is 2.14. The molecule has 2 rings (SSSR count). The largest absolute Gasteiger partial charge is 0.394 e. The van der Waals surface area contributed by atoms with Gasteiger partial charge in [-0.1, -0.05) is 12.1 Å². The lowest BCUT2D eigenvalue weighted by Crippen LogP contribution is -2.36. The van der Waals surface area contributed by atoms with Crippen LogP contribution in [0, 0.1) is 5.82 Å². The second kappa shape index (κ2) is 5.97. The molecular formula is C15H18FNO2. The second-order valence-corrected chi connectivity index (χ2v) is 4.85. The molecule has 1 aromatic rings. The maximum Gasteiger partial charge on any atom is 0.247 e. The zero-order chi connectivity index (χ0) is 13.8. The van der Waals surface area contributed by atoms with Gasteiger partial charge in [0.1, 0.15) is 5.82 Å². The molecule has 0 bridgehead atoms. The predicted molar refractivity (Wildman–Crippen MR) is 71.9 cm³/mol. The fourth-order valence-corrected chi connectivity index (χ4v) is 2.40. The fraction of sp³-hybridized carbons (Fsp3) is 0.400. The number of nitrogens with zero attached hydrogens (tertiary/aromatic N) is 1. The SMILES string of the molecule is C/C(=C/C(=O)N1CCC[C@@H]1CO)c1cccc(F)c1. The Kier molecular flexibility index (Phi) is 4.32. The van der Waals surface area contributed by atoms with E-state index in [0.29, 0.717) is 12.1 Å². The van der Waals surface area contributed by atoms with Crippen molar-refractivity contribution in [3.8, 4) is 0 Å². The van der Waals surface area contributed by atoms with E-state index in [-0.39, 0.29) is 24.4 Å². The van der Waals surface area contributed by atoms with Crippen LogP contribution >= 0.6 is 0 Å². The first-order chi connectivity index (χ1) is 9.11. The van der Waals surface area contributed by atoms with Gasteiger partial charge in [0, 0.05) is 12.6 Å². The number of hydrogen-bond donors (Lipinski definition) is 1. The average Bonchev–Trinajstić information content (AvgIpc) is 2.87. The number of benzene rings is 1. The summed E-state index contributed by atoms with van der Waals surface area (Å²) in [6.45, 7) is 2.46. The Bertz CT molecular complexity index is 499. The van der Waals surface area contributed by atoms with Gasteiger partial charge in [0.2, 0.25) is 5.91 Å². The number of halogens is 1. The Morgan fingerprint density at radius 2 is 2.37 bits per heavy atom. The van der Waals surface area contributed by atoms with E-state index in [1.807, 2.05) is 0 Å². The van der Waals surface area contributed by atoms with Crippen molar-refractivity contribution in [3.63, 3.8) is 0 Å². The number of carbonyl (C=O) groups is 1. The van der Waals surface area contributed by atoms with E-state index < -0.39 is 0 Å². The minimum absolute atomic E-state index is 0.00140. The van der Waals surface area contributed by atoms with Gasteiger partial charge in [0.25, 0.3) is 0 Å². The highest BCUT2D eigenvalue weighted by Crippen LogP contribution is 2.20. The number of likely N-dealkylation sites (tertiary alicyclic amines) is 1. The van der Waals surface area contributed by atoms with E-state index in [4.69, 9.17) is 0 Å². The van der Waals surface area contributed by atoms with Crippen LogP contribution in [0.15, 0.2) is 30.3 Å². The van der Waals surface area contributed by atoms with Gasteiger partial charge < -0.3 is 10.0 Å². The summed E-state index contributed by atoms with van der Waals surface area (Å²) in [4.78, 5) is 13.8. The smallest absolute Gasteiger partial charge is 0.247 e. The normalized spacial score (nSPS) is 19.8. The maximum absolute atomic E-state index is 13.1. The molecule has 1 aliphatic rings. The lowest BCUT2D eigenvalue weighted by atomic mass is 10.1. The van der Waals surface area contributed by atoms with Gasteiger partial charge in [-0.2, -0.15) is 0 Å². The molecule has 1 saturated heterocycles. The Morgan fingerprint density at radius 3 is 3.05 bits per heavy atom. The van der Waals surface area contributed by atoms with Crippen molar-refractivity contribution < 1.29 is 14.3 Å². The molecule has 0 radical (unpaired) electrons. The lowest BCUT2D eigenvalue weighted by Gasteiger charge is -2.21. The summed E-state index contributed by atoms with van der Waals surface area (Å²) in [5.74, 6) is -0.426. The summed E-state index contributed by atoms with van der Waals surface area (Å²) in [5, 5.41) is 9.21. The minimum Gasteiger partial charge on any atom is -0.394 e. The molecule has 1 atom stereocenters. The molecule has 1 fully saturated rings. The first kappa shape index (κ1) is 13.7. The van der Waals surface area contributed by atoms with Crippen LogP contribution in [-0.4, -0.2) is 35.1 Å². The van der Waals surface area contributed by atoms with Crippen LogP contribution in [0.1, 0.15) is 25.3 Å². The highest BCUT2D eigenvalue weighted by molar-refractivity contribution is 5.95. The van der Waals surface area contributed by atoms with Crippen LogP contribution in [-0.2, 0) is 4.79 Å². The molecule has 102 valence electrons. The molecule has 3 nitrogen and oxygen atoms in total. The van der Waals surface area contributed by atoms with Gasteiger partial charge in [0.15, 0.2) is 0 Å². The van der Waals surface area contributed by atoms with E-state index in [9.17, 15) is 14.3 Å². The van der Waals surface area contributed by atoms with E-state index in [1.54, 1.807) is 24.0 Å². The van der Waals surface area contributed by atoms with Gasteiger partial charge in [-0.15, -0.1) is 0 Å². The van der Waals surface area contributed by atoms with Crippen LogP contribution in [0.25, 0.3) is 5.57 Å². The van der Waals surface area contributed by atoms with Gasteiger partial charge in [0.05, 0.1) is 12.6 Å². The number of aliphatic hydroxyl groups excluding tert-OH is 1. The van der Waals surface area contributed by atoms with Crippen LogP contribution in [0.4, 0.5) is 4.39 Å². The zero-order valence-electron chi connectivity index (χ0n) is 11.0. The predicted octanol–water partition coefficient (Wildman–Crippen LogP) is 2.21. The van der Waals surface area contributed by atoms with Crippen molar-refractivity contribution in [1.82, 2.24) is 4.90 Å². The number of amides is 1. The molecule has 0 aromatic heterocycles. The number of aliphatic hydroxyl groups is 1. The highest BCUT2D eigenvalue weighted by Gasteiger charge is 2.26. The van der Waals surface area contributed by atoms with Crippen LogP contribution in [0.2, 0.25) is 0 Å². The number of carbonyl (C=O) groups excluding carboxylic acids is 1. The average molecular weight is 263 g/mol. The number of allylic oxidation sites excluding steroid dienone is 1. The van der Waals surface area contributed by atoms with E-state index in [0.717, 1.165) is 18.4 Å². The summed E-state index contributed by atoms with van der Waals surface area (Å²) >= 11 is 0. The standard InChI is InChI=1S/C15H18FNO2/c1-11(12-4-2-5-13(16)9-12)8-15(19)17-7-3-6-14(17)10-18/h2,4-5,8-9,14,18H,3,6-7,10H2,1H3/b11-8-/t14-/m1/s1. The quantitative estimate of drug-likeness (QED) is 0.849. The van der Waals surface area contributed by atoms with E-state index in [1.165, 1.54) is 18.2 Å². The topological polar surface area (TPSA) is 40.5 Å². The van der Waals surface area contributed by atoms with Crippen molar-refractivity contribution in [1.29, 1.82) is 0 Å². The molecule has 19 heavy (non-hydrogen) atoms. The first-order valence-corrected chi connectivity index (χ1v) is 6.47. The van der Waals surface area contributed by atoms with Crippen molar-refractivity contribution in [2.75, 3.05) is 13.2 Å². The van der Waals surface area contributed by atoms with Crippen molar-refractivity contribution >= 4 is 11.5 Å². The molecule has 1 aliphatic heterocycles. The molecule has 0 unspecified atom stereocenters. The van der Waals surface area contributed by atoms with Crippen LogP contribution in [0.5, 0.6) is 0 Å². The maximum atomic E-state index is 13.1. The highest BCUT2D eigenvalue weighted by atomic mass is 19.1. The summed E-state index contributed by atoms with van der Waals surface area (Å²) in [6.07, 6.45) is 3.28. The fourth-order valence-electron chi connectivity index (χ4n) is 2.40. The van der Waals surface area contributed by atoms with E-state index in [2.05, 4.69) is 0 Å². The molecule has 1 heterocycles. The van der Waals surface area contributed by atoms with Crippen molar-refractivity contribution in [2.24, 2.45) is 0 Å².